The molecule has 4 nitrogen and oxygen atoms in total. The van der Waals surface area contributed by atoms with Crippen LogP contribution in [-0.2, 0) is 16.6 Å². The predicted octanol–water partition coefficient (Wildman–Crippen LogP) is 4.13. The highest BCUT2D eigenvalue weighted by Gasteiger charge is 2.35. The van der Waals surface area contributed by atoms with Crippen LogP contribution in [0.25, 0.3) is 0 Å². The Bertz CT molecular complexity index is 712. The van der Waals surface area contributed by atoms with E-state index in [1.165, 1.54) is 16.0 Å². The molecule has 1 fully saturated rings. The molecule has 1 aromatic carbocycles. The van der Waals surface area contributed by atoms with Gasteiger partial charge in [0, 0.05) is 43.6 Å². The predicted molar refractivity (Wildman–Crippen MR) is 126 cm³/mol. The van der Waals surface area contributed by atoms with E-state index in [0.717, 1.165) is 51.5 Å². The van der Waals surface area contributed by atoms with Gasteiger partial charge in [0.1, 0.15) is 0 Å². The van der Waals surface area contributed by atoms with E-state index in [1.54, 1.807) is 11.3 Å². The second-order valence-electron chi connectivity index (χ2n) is 6.89. The third-order valence-corrected chi connectivity index (χ3v) is 6.16. The van der Waals surface area contributed by atoms with Crippen LogP contribution in [0.15, 0.2) is 46.8 Å². The van der Waals surface area contributed by atoms with Gasteiger partial charge in [-0.2, -0.15) is 0 Å². The number of hydrogen-bond donors (Lipinski definition) is 2. The molecular weight excluding hydrogens is 469 g/mol. The number of rotatable bonds is 6. The van der Waals surface area contributed by atoms with Gasteiger partial charge in [-0.1, -0.05) is 30.3 Å². The zero-order chi connectivity index (χ0) is 18.2. The summed E-state index contributed by atoms with van der Waals surface area (Å²) in [4.78, 5) is 5.80. The van der Waals surface area contributed by atoms with Gasteiger partial charge in [0.15, 0.2) is 5.96 Å². The minimum Gasteiger partial charge on any atom is -0.381 e. The highest BCUT2D eigenvalue weighted by atomic mass is 127. The van der Waals surface area contributed by atoms with Crippen molar-refractivity contribution in [3.8, 4) is 0 Å². The fourth-order valence-electron chi connectivity index (χ4n) is 3.70. The van der Waals surface area contributed by atoms with E-state index >= 15 is 0 Å². The molecule has 0 radical (unpaired) electrons. The summed E-state index contributed by atoms with van der Waals surface area (Å²) >= 11 is 1.80. The normalized spacial score (nSPS) is 16.4. The van der Waals surface area contributed by atoms with Crippen LogP contribution < -0.4 is 10.6 Å². The minimum atomic E-state index is 0. The number of thiophene rings is 1. The first-order valence-corrected chi connectivity index (χ1v) is 10.2. The number of halogens is 1. The molecule has 2 heterocycles. The zero-order valence-corrected chi connectivity index (χ0v) is 19.3. The average molecular weight is 499 g/mol. The van der Waals surface area contributed by atoms with Crippen LogP contribution in [0.1, 0.15) is 28.8 Å². The molecule has 0 spiro atoms. The minimum absolute atomic E-state index is 0. The molecule has 148 valence electrons. The van der Waals surface area contributed by atoms with Gasteiger partial charge >= 0.3 is 0 Å². The van der Waals surface area contributed by atoms with Crippen LogP contribution in [0, 0.1) is 6.92 Å². The highest BCUT2D eigenvalue weighted by molar-refractivity contribution is 14.0. The molecule has 1 saturated heterocycles. The van der Waals surface area contributed by atoms with Crippen LogP contribution in [0.2, 0.25) is 0 Å². The van der Waals surface area contributed by atoms with Crippen molar-refractivity contribution in [1.29, 1.82) is 0 Å². The van der Waals surface area contributed by atoms with Gasteiger partial charge in [0.05, 0.1) is 0 Å². The smallest absolute Gasteiger partial charge is 0.191 e. The lowest BCUT2D eigenvalue weighted by Gasteiger charge is -2.39. The molecule has 1 aliphatic heterocycles. The topological polar surface area (TPSA) is 45.7 Å². The quantitative estimate of drug-likeness (QED) is 0.357. The van der Waals surface area contributed by atoms with Crippen LogP contribution >= 0.6 is 35.3 Å². The number of aliphatic imine (C=N–C) groups is 1. The van der Waals surface area contributed by atoms with E-state index < -0.39 is 0 Å². The largest absolute Gasteiger partial charge is 0.381 e. The Hall–Kier alpha value is -1.12. The lowest BCUT2D eigenvalue weighted by molar-refractivity contribution is 0.0512. The third-order valence-electron chi connectivity index (χ3n) is 5.23. The SMILES string of the molecule is CN=C(NCCc1cccs1)NCC1(c2ccccc2C)CCOCC1.I. The average Bonchev–Trinajstić information content (AvgIpc) is 3.19. The van der Waals surface area contributed by atoms with Crippen LogP contribution in [0.5, 0.6) is 0 Å². The summed E-state index contributed by atoms with van der Waals surface area (Å²) in [6.07, 6.45) is 3.10. The number of guanidine groups is 1. The second kappa shape index (κ2) is 11.0. The molecule has 0 aliphatic carbocycles. The van der Waals surface area contributed by atoms with Gasteiger partial charge in [0.2, 0.25) is 0 Å². The van der Waals surface area contributed by atoms with Crippen molar-refractivity contribution in [2.75, 3.05) is 33.4 Å². The Balaban J connectivity index is 0.00000261. The second-order valence-corrected chi connectivity index (χ2v) is 7.92. The van der Waals surface area contributed by atoms with Crippen molar-refractivity contribution in [1.82, 2.24) is 10.6 Å². The van der Waals surface area contributed by atoms with Crippen molar-refractivity contribution in [3.05, 3.63) is 57.8 Å². The first-order valence-electron chi connectivity index (χ1n) is 9.34. The molecule has 1 aliphatic rings. The van der Waals surface area contributed by atoms with E-state index in [9.17, 15) is 0 Å². The van der Waals surface area contributed by atoms with E-state index in [4.69, 9.17) is 4.74 Å². The molecule has 0 amide bonds. The lowest BCUT2D eigenvalue weighted by Crippen LogP contribution is -2.48. The van der Waals surface area contributed by atoms with Crippen molar-refractivity contribution in [2.45, 2.75) is 31.6 Å². The van der Waals surface area contributed by atoms with Crippen LogP contribution in [0.3, 0.4) is 0 Å². The molecule has 1 aromatic heterocycles. The Morgan fingerprint density at radius 1 is 1.15 bits per heavy atom. The summed E-state index contributed by atoms with van der Waals surface area (Å²) in [7, 11) is 1.84. The van der Waals surface area contributed by atoms with E-state index in [0.29, 0.717) is 0 Å². The molecular formula is C21H30IN3OS. The first-order chi connectivity index (χ1) is 12.7. The van der Waals surface area contributed by atoms with Gasteiger partial charge < -0.3 is 15.4 Å². The summed E-state index contributed by atoms with van der Waals surface area (Å²) < 4.78 is 5.65. The maximum absolute atomic E-state index is 5.65. The Kier molecular flexibility index (Phi) is 9.05. The summed E-state index contributed by atoms with van der Waals surface area (Å²) in [6, 6.07) is 13.0. The lowest BCUT2D eigenvalue weighted by atomic mass is 9.72. The number of nitrogens with zero attached hydrogens (tertiary/aromatic N) is 1. The summed E-state index contributed by atoms with van der Waals surface area (Å²) in [6.45, 7) is 5.61. The van der Waals surface area contributed by atoms with Crippen molar-refractivity contribution >= 4 is 41.3 Å². The van der Waals surface area contributed by atoms with Crippen LogP contribution in [0.4, 0.5) is 0 Å². The Morgan fingerprint density at radius 2 is 1.93 bits per heavy atom. The van der Waals surface area contributed by atoms with Gasteiger partial charge in [-0.05, 0) is 48.8 Å². The molecule has 6 heteroatoms. The van der Waals surface area contributed by atoms with Gasteiger partial charge in [-0.15, -0.1) is 35.3 Å². The number of aryl methyl sites for hydroxylation is 1. The fourth-order valence-corrected chi connectivity index (χ4v) is 4.41. The first kappa shape index (κ1) is 22.2. The Labute approximate surface area is 183 Å². The molecule has 0 saturated carbocycles. The summed E-state index contributed by atoms with van der Waals surface area (Å²) in [5, 5.41) is 9.14. The monoisotopic (exact) mass is 499 g/mol. The van der Waals surface area contributed by atoms with Gasteiger partial charge in [-0.3, -0.25) is 4.99 Å². The molecule has 0 atom stereocenters. The van der Waals surface area contributed by atoms with Gasteiger partial charge in [0.25, 0.3) is 0 Å². The van der Waals surface area contributed by atoms with Crippen molar-refractivity contribution < 1.29 is 4.74 Å². The third kappa shape index (κ3) is 5.93. The maximum atomic E-state index is 5.65. The molecule has 2 aromatic rings. The fraction of sp³-hybridized carbons (Fsp3) is 0.476. The standard InChI is InChI=1S/C21H29N3OS.HI/c1-17-6-3-4-8-19(17)21(10-13-25-14-11-21)16-24-20(22-2)23-12-9-18-7-5-15-26-18;/h3-8,15H,9-14,16H2,1-2H3,(H2,22,23,24);1H. The molecule has 3 rings (SSSR count). The van der Waals surface area contributed by atoms with Crippen molar-refractivity contribution in [3.63, 3.8) is 0 Å². The molecule has 0 bridgehead atoms. The maximum Gasteiger partial charge on any atom is 0.191 e. The van der Waals surface area contributed by atoms with E-state index in [2.05, 4.69) is 64.3 Å². The van der Waals surface area contributed by atoms with Crippen LogP contribution in [-0.4, -0.2) is 39.3 Å². The number of ether oxygens (including phenoxy) is 1. The van der Waals surface area contributed by atoms with E-state index in [-0.39, 0.29) is 29.4 Å². The summed E-state index contributed by atoms with van der Waals surface area (Å²) in [5.41, 5.74) is 2.90. The number of benzene rings is 1. The highest BCUT2D eigenvalue weighted by Crippen LogP contribution is 2.36. The van der Waals surface area contributed by atoms with E-state index in [1.807, 2.05) is 7.05 Å². The number of hydrogen-bond acceptors (Lipinski definition) is 3. The van der Waals surface area contributed by atoms with Crippen molar-refractivity contribution in [2.24, 2.45) is 4.99 Å². The van der Waals surface area contributed by atoms with Gasteiger partial charge in [-0.25, -0.2) is 0 Å². The Morgan fingerprint density at radius 3 is 2.59 bits per heavy atom. The zero-order valence-electron chi connectivity index (χ0n) is 16.2. The summed E-state index contributed by atoms with van der Waals surface area (Å²) in [5.74, 6) is 0.876. The molecule has 27 heavy (non-hydrogen) atoms. The molecule has 2 N–H and O–H groups in total. The number of nitrogens with one attached hydrogen (secondary N) is 2. The molecule has 0 unspecified atom stereocenters.